The lowest BCUT2D eigenvalue weighted by Crippen LogP contribution is -2.64. The highest BCUT2D eigenvalue weighted by Crippen LogP contribution is 2.75. The Morgan fingerprint density at radius 3 is 2.26 bits per heavy atom. The van der Waals surface area contributed by atoms with E-state index in [0.717, 1.165) is 38.5 Å². The second kappa shape index (κ2) is 4.53. The summed E-state index contributed by atoms with van der Waals surface area (Å²) in [4.78, 5) is 0. The Morgan fingerprint density at radius 2 is 1.57 bits per heavy atom. The minimum Gasteiger partial charge on any atom is -0.390 e. The molecule has 3 heteroatoms. The summed E-state index contributed by atoms with van der Waals surface area (Å²) in [5.74, 6) is 1.58. The van der Waals surface area contributed by atoms with Gasteiger partial charge in [-0.15, -0.1) is 0 Å². The Balaban J connectivity index is 1.78. The van der Waals surface area contributed by atoms with Crippen LogP contribution in [-0.2, 0) is 0 Å². The zero-order chi connectivity index (χ0) is 16.8. The first-order valence-corrected chi connectivity index (χ1v) is 9.63. The zero-order valence-corrected chi connectivity index (χ0v) is 15.2. The van der Waals surface area contributed by atoms with Crippen LogP contribution in [0.1, 0.15) is 72.6 Å². The van der Waals surface area contributed by atoms with Crippen molar-refractivity contribution < 1.29 is 15.3 Å². The Hall–Kier alpha value is -0.120. The molecule has 2 bridgehead atoms. The average Bonchev–Trinajstić information content (AvgIpc) is 2.80. The van der Waals surface area contributed by atoms with Crippen LogP contribution in [0.25, 0.3) is 0 Å². The molecule has 4 aliphatic carbocycles. The van der Waals surface area contributed by atoms with E-state index in [1.54, 1.807) is 0 Å². The molecule has 4 rings (SSSR count). The third kappa shape index (κ3) is 1.82. The summed E-state index contributed by atoms with van der Waals surface area (Å²) in [6.45, 7) is 8.75. The lowest BCUT2D eigenvalue weighted by atomic mass is 9.39. The first-order valence-electron chi connectivity index (χ1n) is 9.63. The van der Waals surface area contributed by atoms with Crippen LogP contribution in [0.4, 0.5) is 0 Å². The second-order valence-electron chi connectivity index (χ2n) is 10.4. The van der Waals surface area contributed by atoms with Gasteiger partial charge in [-0.1, -0.05) is 20.8 Å². The van der Waals surface area contributed by atoms with E-state index < -0.39 is 17.8 Å². The SMILES string of the molecule is CC1(C)[C@H]2CC[C@H]3C[C@H]4C[C@@]3(CC[C@]4(C)O)[C@@]2(C)C[C@@H](O)[C@@H]1O. The predicted molar refractivity (Wildman–Crippen MR) is 89.7 cm³/mol. The lowest BCUT2D eigenvalue weighted by molar-refractivity contribution is -0.232. The summed E-state index contributed by atoms with van der Waals surface area (Å²) in [5, 5.41) is 32.0. The monoisotopic (exact) mass is 322 g/mol. The summed E-state index contributed by atoms with van der Waals surface area (Å²) in [6, 6.07) is 0. The fourth-order valence-electron chi connectivity index (χ4n) is 7.92. The number of aliphatic hydroxyl groups excluding tert-OH is 2. The van der Waals surface area contributed by atoms with Crippen molar-refractivity contribution in [3.05, 3.63) is 0 Å². The normalized spacial score (nSPS) is 60.9. The average molecular weight is 322 g/mol. The molecule has 0 aromatic carbocycles. The van der Waals surface area contributed by atoms with E-state index in [2.05, 4.69) is 20.8 Å². The Kier molecular flexibility index (Phi) is 3.22. The Labute approximate surface area is 140 Å². The number of rotatable bonds is 0. The van der Waals surface area contributed by atoms with Crippen molar-refractivity contribution in [2.45, 2.75) is 90.4 Å². The van der Waals surface area contributed by atoms with E-state index in [9.17, 15) is 15.3 Å². The topological polar surface area (TPSA) is 60.7 Å². The third-order valence-corrected chi connectivity index (χ3v) is 9.29. The van der Waals surface area contributed by atoms with Gasteiger partial charge in [0.1, 0.15) is 0 Å². The van der Waals surface area contributed by atoms with Gasteiger partial charge in [0.15, 0.2) is 0 Å². The number of aliphatic hydroxyl groups is 3. The fourth-order valence-corrected chi connectivity index (χ4v) is 7.92. The first-order chi connectivity index (χ1) is 10.5. The van der Waals surface area contributed by atoms with E-state index in [-0.39, 0.29) is 16.2 Å². The third-order valence-electron chi connectivity index (χ3n) is 9.29. The smallest absolute Gasteiger partial charge is 0.0852 e. The van der Waals surface area contributed by atoms with Crippen molar-refractivity contribution in [1.82, 2.24) is 0 Å². The van der Waals surface area contributed by atoms with Gasteiger partial charge in [0.25, 0.3) is 0 Å². The molecule has 0 aromatic heterocycles. The van der Waals surface area contributed by atoms with Crippen molar-refractivity contribution in [2.24, 2.45) is 34.0 Å². The molecule has 4 aliphatic rings. The van der Waals surface area contributed by atoms with Gasteiger partial charge in [0, 0.05) is 0 Å². The summed E-state index contributed by atoms with van der Waals surface area (Å²) in [5.41, 5.74) is -0.383. The highest BCUT2D eigenvalue weighted by Gasteiger charge is 2.70. The Morgan fingerprint density at radius 1 is 0.870 bits per heavy atom. The molecule has 3 nitrogen and oxygen atoms in total. The van der Waals surface area contributed by atoms with Gasteiger partial charge in [-0.2, -0.15) is 0 Å². The van der Waals surface area contributed by atoms with E-state index in [1.165, 1.54) is 6.42 Å². The largest absolute Gasteiger partial charge is 0.390 e. The van der Waals surface area contributed by atoms with Crippen molar-refractivity contribution >= 4 is 0 Å². The van der Waals surface area contributed by atoms with E-state index >= 15 is 0 Å². The molecule has 0 aromatic rings. The summed E-state index contributed by atoms with van der Waals surface area (Å²) >= 11 is 0. The molecule has 4 saturated carbocycles. The Bertz CT molecular complexity index is 513. The highest BCUT2D eigenvalue weighted by molar-refractivity contribution is 5.19. The van der Waals surface area contributed by atoms with Crippen molar-refractivity contribution in [2.75, 3.05) is 0 Å². The molecular weight excluding hydrogens is 288 g/mol. The van der Waals surface area contributed by atoms with Crippen LogP contribution in [-0.4, -0.2) is 33.1 Å². The van der Waals surface area contributed by atoms with Gasteiger partial charge in [0.2, 0.25) is 0 Å². The van der Waals surface area contributed by atoms with Crippen molar-refractivity contribution in [1.29, 1.82) is 0 Å². The van der Waals surface area contributed by atoms with Gasteiger partial charge < -0.3 is 15.3 Å². The first kappa shape index (κ1) is 16.4. The van der Waals surface area contributed by atoms with Crippen LogP contribution < -0.4 is 0 Å². The molecule has 0 saturated heterocycles. The number of fused-ring (bicyclic) bond motifs is 2. The quantitative estimate of drug-likeness (QED) is 0.642. The maximum atomic E-state index is 10.8. The van der Waals surface area contributed by atoms with Crippen LogP contribution in [0.5, 0.6) is 0 Å². The van der Waals surface area contributed by atoms with Gasteiger partial charge in [-0.25, -0.2) is 0 Å². The van der Waals surface area contributed by atoms with E-state index in [0.29, 0.717) is 17.8 Å². The van der Waals surface area contributed by atoms with Crippen LogP contribution in [0.3, 0.4) is 0 Å². The molecule has 0 radical (unpaired) electrons. The number of hydrogen-bond donors (Lipinski definition) is 3. The van der Waals surface area contributed by atoms with Gasteiger partial charge in [0.05, 0.1) is 17.8 Å². The fraction of sp³-hybridized carbons (Fsp3) is 1.00. The molecule has 0 aliphatic heterocycles. The molecule has 0 unspecified atom stereocenters. The molecule has 23 heavy (non-hydrogen) atoms. The van der Waals surface area contributed by atoms with Crippen LogP contribution in [0.2, 0.25) is 0 Å². The van der Waals surface area contributed by atoms with Gasteiger partial charge in [-0.3, -0.25) is 0 Å². The van der Waals surface area contributed by atoms with Crippen LogP contribution in [0, 0.1) is 34.0 Å². The standard InChI is InChI=1S/C20H34O3/c1-17(2)15-6-5-12-9-13-10-20(12,8-7-19(13,4)23)18(15,3)11-14(21)16(17)22/h12-16,21-23H,5-11H2,1-4H3/t12-,13-,14+,15+,16-,18-,19-,20+/m0/s1. The molecule has 0 heterocycles. The molecule has 4 fully saturated rings. The molecule has 0 amide bonds. The van der Waals surface area contributed by atoms with Crippen molar-refractivity contribution in [3.63, 3.8) is 0 Å². The maximum Gasteiger partial charge on any atom is 0.0852 e. The minimum absolute atomic E-state index is 0.0866. The van der Waals surface area contributed by atoms with Crippen molar-refractivity contribution in [3.8, 4) is 0 Å². The molecule has 3 N–H and O–H groups in total. The lowest BCUT2D eigenvalue weighted by Gasteiger charge is -2.67. The molecular formula is C20H34O3. The van der Waals surface area contributed by atoms with Gasteiger partial charge >= 0.3 is 0 Å². The zero-order valence-electron chi connectivity index (χ0n) is 15.2. The summed E-state index contributed by atoms with van der Waals surface area (Å²) in [7, 11) is 0. The molecule has 1 spiro atoms. The van der Waals surface area contributed by atoms with Gasteiger partial charge in [-0.05, 0) is 85.9 Å². The molecule has 8 atom stereocenters. The molecule has 132 valence electrons. The second-order valence-corrected chi connectivity index (χ2v) is 10.4. The maximum absolute atomic E-state index is 10.8. The minimum atomic E-state index is -0.613. The number of hydrogen-bond acceptors (Lipinski definition) is 3. The summed E-state index contributed by atoms with van der Waals surface area (Å²) in [6.07, 6.45) is 6.17. The predicted octanol–water partition coefficient (Wildman–Crippen LogP) is 3.11. The van der Waals surface area contributed by atoms with Crippen LogP contribution in [0.15, 0.2) is 0 Å². The highest BCUT2D eigenvalue weighted by atomic mass is 16.3. The van der Waals surface area contributed by atoms with E-state index in [1.807, 2.05) is 6.92 Å². The summed E-state index contributed by atoms with van der Waals surface area (Å²) < 4.78 is 0. The van der Waals surface area contributed by atoms with Crippen LogP contribution >= 0.6 is 0 Å². The van der Waals surface area contributed by atoms with E-state index in [4.69, 9.17) is 0 Å².